The Bertz CT molecular complexity index is 1060. The second-order valence-electron chi connectivity index (χ2n) is 5.77. The molecule has 9 heteroatoms. The number of thiocarbonyl (C=S) groups is 1. The van der Waals surface area contributed by atoms with Crippen molar-refractivity contribution in [3.63, 3.8) is 0 Å². The molecule has 7 nitrogen and oxygen atoms in total. The van der Waals surface area contributed by atoms with E-state index in [9.17, 15) is 9.59 Å². The SMILES string of the molecule is CC(=O)Nc1ccc2nc(NC(=S)NC(=O)c3ccc(C)cc3Cl)oc2c1. The largest absolute Gasteiger partial charge is 0.423 e. The molecule has 0 saturated carbocycles. The number of carbonyl (C=O) groups excluding carboxylic acids is 2. The maximum Gasteiger partial charge on any atom is 0.302 e. The molecule has 3 N–H and O–H groups in total. The van der Waals surface area contributed by atoms with Crippen LogP contribution in [-0.4, -0.2) is 21.9 Å². The number of nitrogens with one attached hydrogen (secondary N) is 3. The zero-order valence-corrected chi connectivity index (χ0v) is 16.0. The lowest BCUT2D eigenvalue weighted by molar-refractivity contribution is -0.114. The van der Waals surface area contributed by atoms with E-state index in [1.165, 1.54) is 6.92 Å². The smallest absolute Gasteiger partial charge is 0.302 e. The van der Waals surface area contributed by atoms with Gasteiger partial charge in [0.1, 0.15) is 5.52 Å². The van der Waals surface area contributed by atoms with Gasteiger partial charge in [-0.15, -0.1) is 0 Å². The molecule has 0 aliphatic carbocycles. The molecule has 27 heavy (non-hydrogen) atoms. The van der Waals surface area contributed by atoms with Gasteiger partial charge in [0.05, 0.1) is 10.6 Å². The van der Waals surface area contributed by atoms with Crippen LogP contribution in [-0.2, 0) is 4.79 Å². The molecule has 138 valence electrons. The van der Waals surface area contributed by atoms with Gasteiger partial charge in [0.2, 0.25) is 5.91 Å². The molecule has 0 radical (unpaired) electrons. The highest BCUT2D eigenvalue weighted by Crippen LogP contribution is 2.22. The number of aryl methyl sites for hydroxylation is 1. The fourth-order valence-corrected chi connectivity index (χ4v) is 2.86. The molecule has 0 fully saturated rings. The van der Waals surface area contributed by atoms with E-state index in [4.69, 9.17) is 28.2 Å². The normalized spacial score (nSPS) is 10.5. The fourth-order valence-electron chi connectivity index (χ4n) is 2.36. The Morgan fingerprint density at radius 3 is 2.63 bits per heavy atom. The Labute approximate surface area is 165 Å². The number of hydrogen-bond donors (Lipinski definition) is 3. The minimum Gasteiger partial charge on any atom is -0.423 e. The van der Waals surface area contributed by atoms with Crippen LogP contribution in [0.25, 0.3) is 11.1 Å². The van der Waals surface area contributed by atoms with E-state index in [2.05, 4.69) is 20.9 Å². The minimum atomic E-state index is -0.443. The van der Waals surface area contributed by atoms with E-state index in [1.807, 2.05) is 6.92 Å². The lowest BCUT2D eigenvalue weighted by atomic mass is 10.1. The number of hydrogen-bond acceptors (Lipinski definition) is 5. The molecule has 3 aromatic rings. The molecule has 0 bridgehead atoms. The summed E-state index contributed by atoms with van der Waals surface area (Å²) in [4.78, 5) is 27.6. The van der Waals surface area contributed by atoms with E-state index in [-0.39, 0.29) is 17.0 Å². The lowest BCUT2D eigenvalue weighted by Gasteiger charge is -2.08. The van der Waals surface area contributed by atoms with Crippen molar-refractivity contribution in [3.05, 3.63) is 52.5 Å². The summed E-state index contributed by atoms with van der Waals surface area (Å²) in [6.45, 7) is 3.29. The van der Waals surface area contributed by atoms with Gasteiger partial charge < -0.3 is 9.73 Å². The molecule has 0 aliphatic rings. The van der Waals surface area contributed by atoms with Crippen molar-refractivity contribution in [2.75, 3.05) is 10.6 Å². The van der Waals surface area contributed by atoms with Crippen LogP contribution in [0.3, 0.4) is 0 Å². The highest BCUT2D eigenvalue weighted by Gasteiger charge is 2.14. The third-order valence-electron chi connectivity index (χ3n) is 3.53. The zero-order chi connectivity index (χ0) is 19.6. The molecule has 1 aromatic heterocycles. The summed E-state index contributed by atoms with van der Waals surface area (Å²) < 4.78 is 5.55. The van der Waals surface area contributed by atoms with Crippen LogP contribution < -0.4 is 16.0 Å². The summed E-state index contributed by atoms with van der Waals surface area (Å²) in [5.74, 6) is -0.632. The lowest BCUT2D eigenvalue weighted by Crippen LogP contribution is -2.34. The quantitative estimate of drug-likeness (QED) is 0.575. The Kier molecular flexibility index (Phi) is 5.38. The van der Waals surface area contributed by atoms with Crippen LogP contribution in [0.1, 0.15) is 22.8 Å². The number of fused-ring (bicyclic) bond motifs is 1. The highest BCUT2D eigenvalue weighted by molar-refractivity contribution is 7.80. The first kappa shape index (κ1) is 18.8. The summed E-state index contributed by atoms with van der Waals surface area (Å²) in [6, 6.07) is 10.3. The van der Waals surface area contributed by atoms with Gasteiger partial charge in [0.25, 0.3) is 5.91 Å². The predicted octanol–water partition coefficient (Wildman–Crippen LogP) is 3.87. The number of benzene rings is 2. The molecule has 1 heterocycles. The summed E-state index contributed by atoms with van der Waals surface area (Å²) in [6.07, 6.45) is 0. The zero-order valence-electron chi connectivity index (χ0n) is 14.4. The number of aromatic nitrogens is 1. The van der Waals surface area contributed by atoms with Gasteiger partial charge in [0, 0.05) is 18.7 Å². The van der Waals surface area contributed by atoms with Crippen molar-refractivity contribution in [1.29, 1.82) is 0 Å². The number of amides is 2. The maximum atomic E-state index is 12.3. The van der Waals surface area contributed by atoms with Crippen LogP contribution in [0.5, 0.6) is 0 Å². The van der Waals surface area contributed by atoms with Gasteiger partial charge in [-0.25, -0.2) is 0 Å². The van der Waals surface area contributed by atoms with Crippen molar-refractivity contribution in [2.24, 2.45) is 0 Å². The third kappa shape index (κ3) is 4.60. The minimum absolute atomic E-state index is 0.0188. The van der Waals surface area contributed by atoms with Crippen molar-refractivity contribution in [2.45, 2.75) is 13.8 Å². The second-order valence-corrected chi connectivity index (χ2v) is 6.59. The van der Waals surface area contributed by atoms with Crippen LogP contribution >= 0.6 is 23.8 Å². The number of rotatable bonds is 3. The Morgan fingerprint density at radius 2 is 1.93 bits per heavy atom. The topological polar surface area (TPSA) is 96.3 Å². The number of halogens is 1. The van der Waals surface area contributed by atoms with Gasteiger partial charge in [-0.3, -0.25) is 20.2 Å². The van der Waals surface area contributed by atoms with E-state index in [0.29, 0.717) is 27.4 Å². The van der Waals surface area contributed by atoms with Gasteiger partial charge in [0.15, 0.2) is 10.7 Å². The molecule has 2 amide bonds. The summed E-state index contributed by atoms with van der Waals surface area (Å²) >= 11 is 11.2. The number of carbonyl (C=O) groups is 2. The molecule has 0 spiro atoms. The van der Waals surface area contributed by atoms with Crippen LogP contribution in [0.2, 0.25) is 5.02 Å². The molecular weight excluding hydrogens is 388 g/mol. The second kappa shape index (κ2) is 7.73. The van der Waals surface area contributed by atoms with Gasteiger partial charge in [-0.2, -0.15) is 4.98 Å². The van der Waals surface area contributed by atoms with Gasteiger partial charge in [-0.1, -0.05) is 17.7 Å². The number of nitrogens with zero attached hydrogens (tertiary/aromatic N) is 1. The van der Waals surface area contributed by atoms with Crippen molar-refractivity contribution >= 4 is 63.5 Å². The number of anilines is 2. The predicted molar refractivity (Wildman–Crippen MR) is 108 cm³/mol. The average molecular weight is 403 g/mol. The average Bonchev–Trinajstić information content (AvgIpc) is 2.95. The molecule has 3 rings (SSSR count). The summed E-state index contributed by atoms with van der Waals surface area (Å²) in [5, 5.41) is 8.25. The van der Waals surface area contributed by atoms with Gasteiger partial charge in [-0.05, 0) is 49.0 Å². The summed E-state index contributed by atoms with van der Waals surface area (Å²) in [7, 11) is 0. The number of oxazole rings is 1. The first-order valence-electron chi connectivity index (χ1n) is 7.88. The molecule has 0 saturated heterocycles. The van der Waals surface area contributed by atoms with E-state index in [1.54, 1.807) is 36.4 Å². The van der Waals surface area contributed by atoms with Crippen LogP contribution in [0.4, 0.5) is 11.7 Å². The summed E-state index contributed by atoms with van der Waals surface area (Å²) in [5.41, 5.74) is 2.87. The maximum absolute atomic E-state index is 12.3. The molecule has 2 aromatic carbocycles. The van der Waals surface area contributed by atoms with Gasteiger partial charge >= 0.3 is 6.01 Å². The monoisotopic (exact) mass is 402 g/mol. The van der Waals surface area contributed by atoms with Crippen LogP contribution in [0, 0.1) is 6.92 Å². The Hall–Kier alpha value is -2.97. The Morgan fingerprint density at radius 1 is 1.15 bits per heavy atom. The molecule has 0 atom stereocenters. The standard InChI is InChI=1S/C18H15ClN4O3S/c1-9-3-5-12(13(19)7-9)16(25)22-18(27)23-17-21-14-6-4-11(20-10(2)24)8-15(14)26-17/h3-8H,1-2H3,(H,20,24)(H2,21,22,23,25,27). The Balaban J connectivity index is 1.70. The first-order chi connectivity index (χ1) is 12.8. The van der Waals surface area contributed by atoms with E-state index in [0.717, 1.165) is 5.56 Å². The molecular formula is C18H15ClN4O3S. The van der Waals surface area contributed by atoms with E-state index < -0.39 is 5.91 Å². The third-order valence-corrected chi connectivity index (χ3v) is 4.04. The first-order valence-corrected chi connectivity index (χ1v) is 8.67. The van der Waals surface area contributed by atoms with Crippen molar-refractivity contribution in [3.8, 4) is 0 Å². The van der Waals surface area contributed by atoms with Crippen molar-refractivity contribution < 1.29 is 14.0 Å². The van der Waals surface area contributed by atoms with Crippen molar-refractivity contribution in [1.82, 2.24) is 10.3 Å². The molecule has 0 aliphatic heterocycles. The molecule has 0 unspecified atom stereocenters. The highest BCUT2D eigenvalue weighted by atomic mass is 35.5. The van der Waals surface area contributed by atoms with E-state index >= 15 is 0 Å². The van der Waals surface area contributed by atoms with Crippen LogP contribution in [0.15, 0.2) is 40.8 Å². The fraction of sp³-hybridized carbons (Fsp3) is 0.111.